The summed E-state index contributed by atoms with van der Waals surface area (Å²) in [4.78, 5) is 40.0. The van der Waals surface area contributed by atoms with Crippen molar-refractivity contribution >= 4 is 44.8 Å². The third-order valence-electron chi connectivity index (χ3n) is 7.57. The highest BCUT2D eigenvalue weighted by Crippen LogP contribution is 2.28. The van der Waals surface area contributed by atoms with Crippen LogP contribution < -0.4 is 9.62 Å². The number of non-ortho nitro benzene ring substituents is 1. The van der Waals surface area contributed by atoms with Crippen LogP contribution in [0.2, 0.25) is 5.02 Å². The molecule has 1 atom stereocenters. The molecule has 0 aromatic heterocycles. The minimum absolute atomic E-state index is 0.00684. The predicted octanol–water partition coefficient (Wildman–Crippen LogP) is 5.70. The molecule has 0 spiro atoms. The van der Waals surface area contributed by atoms with Crippen molar-refractivity contribution in [3.05, 3.63) is 99.6 Å². The molecule has 0 bridgehead atoms. The van der Waals surface area contributed by atoms with E-state index in [1.54, 1.807) is 49.4 Å². The topological polar surface area (TPSA) is 130 Å². The van der Waals surface area contributed by atoms with Crippen LogP contribution in [-0.2, 0) is 26.2 Å². The number of carbonyl (C=O) groups excluding carboxylic acids is 2. The van der Waals surface area contributed by atoms with Crippen molar-refractivity contribution in [1.82, 2.24) is 10.2 Å². The van der Waals surface area contributed by atoms with Crippen LogP contribution in [0.3, 0.4) is 0 Å². The van der Waals surface area contributed by atoms with Crippen LogP contribution in [0.4, 0.5) is 11.4 Å². The maximum atomic E-state index is 14.2. The Bertz CT molecular complexity index is 1550. The van der Waals surface area contributed by atoms with Gasteiger partial charge in [-0.25, -0.2) is 8.42 Å². The lowest BCUT2D eigenvalue weighted by Gasteiger charge is -2.34. The summed E-state index contributed by atoms with van der Waals surface area (Å²) in [5, 5.41) is 15.0. The zero-order valence-electron chi connectivity index (χ0n) is 23.9. The van der Waals surface area contributed by atoms with Gasteiger partial charge in [-0.1, -0.05) is 80.3 Å². The van der Waals surface area contributed by atoms with Gasteiger partial charge in [0, 0.05) is 29.7 Å². The first-order valence-corrected chi connectivity index (χ1v) is 16.1. The van der Waals surface area contributed by atoms with Gasteiger partial charge in [-0.2, -0.15) is 0 Å². The molecule has 228 valence electrons. The molecule has 1 saturated carbocycles. The molecule has 1 aliphatic rings. The van der Waals surface area contributed by atoms with Crippen LogP contribution in [0, 0.1) is 10.1 Å². The molecule has 0 aliphatic heterocycles. The average Bonchev–Trinajstić information content (AvgIpc) is 3.01. The highest BCUT2D eigenvalue weighted by molar-refractivity contribution is 7.92. The number of nitro benzene ring substituents is 1. The van der Waals surface area contributed by atoms with Crippen molar-refractivity contribution in [2.24, 2.45) is 0 Å². The fourth-order valence-corrected chi connectivity index (χ4v) is 6.91. The maximum absolute atomic E-state index is 14.2. The number of halogens is 1. The minimum Gasteiger partial charge on any atom is -0.352 e. The summed E-state index contributed by atoms with van der Waals surface area (Å²) >= 11 is 6.45. The molecule has 3 aromatic carbocycles. The van der Waals surface area contributed by atoms with Crippen molar-refractivity contribution in [3.8, 4) is 0 Å². The van der Waals surface area contributed by atoms with Gasteiger partial charge in [0.15, 0.2) is 0 Å². The Kier molecular flexibility index (Phi) is 10.8. The maximum Gasteiger partial charge on any atom is 0.271 e. The quantitative estimate of drug-likeness (QED) is 0.203. The number of anilines is 1. The predicted molar refractivity (Wildman–Crippen MR) is 165 cm³/mol. The molecule has 4 rings (SSSR count). The molecule has 0 radical (unpaired) electrons. The summed E-state index contributed by atoms with van der Waals surface area (Å²) in [6.45, 7) is 1.05. The normalized spacial score (nSPS) is 14.5. The molecule has 1 fully saturated rings. The molecular weight excluding hydrogens is 592 g/mol. The number of benzene rings is 3. The molecular formula is C31H35ClN4O6S. The molecule has 0 saturated heterocycles. The van der Waals surface area contributed by atoms with Crippen molar-refractivity contribution in [2.75, 3.05) is 10.8 Å². The molecule has 0 heterocycles. The third kappa shape index (κ3) is 7.91. The average molecular weight is 627 g/mol. The number of hydrogen-bond acceptors (Lipinski definition) is 6. The van der Waals surface area contributed by atoms with Gasteiger partial charge in [0.1, 0.15) is 12.6 Å². The van der Waals surface area contributed by atoms with Gasteiger partial charge in [-0.3, -0.25) is 24.0 Å². The van der Waals surface area contributed by atoms with Crippen LogP contribution in [0.15, 0.2) is 83.8 Å². The summed E-state index contributed by atoms with van der Waals surface area (Å²) in [6, 6.07) is 18.7. The standard InChI is InChI=1S/C31H35ClN4O6S/c1-2-29(31(38)33-24-13-5-3-6-14-24)34(21-23-12-9-10-19-28(23)32)30(37)22-35(25-15-11-16-26(20-25)36(39)40)43(41,42)27-17-7-4-8-18-27/h4,7-12,15-20,24,29H,2-3,5-6,13-14,21-22H2,1H3,(H,33,38)/t29-/m1/s1. The first-order valence-electron chi connectivity index (χ1n) is 14.3. The molecule has 3 aromatic rings. The summed E-state index contributed by atoms with van der Waals surface area (Å²) < 4.78 is 28.7. The molecule has 12 heteroatoms. The van der Waals surface area contributed by atoms with Crippen LogP contribution >= 0.6 is 11.6 Å². The summed E-state index contributed by atoms with van der Waals surface area (Å²) in [7, 11) is -4.34. The van der Waals surface area contributed by atoms with Crippen molar-refractivity contribution < 1.29 is 22.9 Å². The lowest BCUT2D eigenvalue weighted by Crippen LogP contribution is -2.54. The van der Waals surface area contributed by atoms with Gasteiger partial charge in [-0.15, -0.1) is 0 Å². The Balaban J connectivity index is 1.74. The first-order chi connectivity index (χ1) is 20.6. The van der Waals surface area contributed by atoms with Gasteiger partial charge >= 0.3 is 0 Å². The highest BCUT2D eigenvalue weighted by Gasteiger charge is 2.35. The van der Waals surface area contributed by atoms with Crippen molar-refractivity contribution in [1.29, 1.82) is 0 Å². The van der Waals surface area contributed by atoms with Crippen molar-refractivity contribution in [2.45, 2.75) is 69.0 Å². The number of nitro groups is 1. The highest BCUT2D eigenvalue weighted by atomic mass is 35.5. The van der Waals surface area contributed by atoms with E-state index in [1.807, 2.05) is 0 Å². The van der Waals surface area contributed by atoms with Crippen LogP contribution in [0.5, 0.6) is 0 Å². The molecule has 1 N–H and O–H groups in total. The van der Waals surface area contributed by atoms with Crippen LogP contribution in [0.25, 0.3) is 0 Å². The molecule has 10 nitrogen and oxygen atoms in total. The Morgan fingerprint density at radius 1 is 1.00 bits per heavy atom. The Morgan fingerprint density at radius 2 is 1.67 bits per heavy atom. The SMILES string of the molecule is CC[C@H](C(=O)NC1CCCCC1)N(Cc1ccccc1Cl)C(=O)CN(c1cccc([N+](=O)[O-])c1)S(=O)(=O)c1ccccc1. The molecule has 43 heavy (non-hydrogen) atoms. The van der Waals surface area contributed by atoms with Crippen LogP contribution in [0.1, 0.15) is 51.0 Å². The lowest BCUT2D eigenvalue weighted by atomic mass is 9.95. The molecule has 2 amide bonds. The Hall–Kier alpha value is -3.96. The number of nitrogens with one attached hydrogen (secondary N) is 1. The largest absolute Gasteiger partial charge is 0.352 e. The fraction of sp³-hybridized carbons (Fsp3) is 0.355. The summed E-state index contributed by atoms with van der Waals surface area (Å²) in [5.41, 5.74) is 0.211. The number of nitrogens with zero attached hydrogens (tertiary/aromatic N) is 3. The number of carbonyl (C=O) groups is 2. The fourth-order valence-electron chi connectivity index (χ4n) is 5.28. The van der Waals surface area contributed by atoms with E-state index in [2.05, 4.69) is 5.32 Å². The zero-order valence-corrected chi connectivity index (χ0v) is 25.5. The number of sulfonamides is 1. The number of amides is 2. The second-order valence-corrected chi connectivity index (χ2v) is 12.8. The number of hydrogen-bond donors (Lipinski definition) is 1. The minimum atomic E-state index is -4.34. The summed E-state index contributed by atoms with van der Waals surface area (Å²) in [5.74, 6) is -0.973. The second kappa shape index (κ2) is 14.5. The third-order valence-corrected chi connectivity index (χ3v) is 9.73. The zero-order chi connectivity index (χ0) is 31.0. The van der Waals surface area contributed by atoms with Gasteiger partial charge < -0.3 is 10.2 Å². The Morgan fingerprint density at radius 3 is 2.33 bits per heavy atom. The Labute approximate surface area is 256 Å². The van der Waals surface area contributed by atoms with E-state index >= 15 is 0 Å². The first kappa shape index (κ1) is 32.0. The monoisotopic (exact) mass is 626 g/mol. The summed E-state index contributed by atoms with van der Waals surface area (Å²) in [6.07, 6.45) is 5.13. The lowest BCUT2D eigenvalue weighted by molar-refractivity contribution is -0.384. The smallest absolute Gasteiger partial charge is 0.271 e. The van der Waals surface area contributed by atoms with Crippen molar-refractivity contribution in [3.63, 3.8) is 0 Å². The van der Waals surface area contributed by atoms with E-state index in [0.29, 0.717) is 10.6 Å². The van der Waals surface area contributed by atoms with E-state index in [4.69, 9.17) is 11.6 Å². The van der Waals surface area contributed by atoms with E-state index in [-0.39, 0.29) is 41.2 Å². The van der Waals surface area contributed by atoms with Crippen LogP contribution in [-0.4, -0.2) is 48.7 Å². The van der Waals surface area contributed by atoms with Gasteiger partial charge in [0.05, 0.1) is 15.5 Å². The number of rotatable bonds is 12. The van der Waals surface area contributed by atoms with Gasteiger partial charge in [0.2, 0.25) is 11.8 Å². The van der Waals surface area contributed by atoms with Gasteiger partial charge in [-0.05, 0) is 49.1 Å². The van der Waals surface area contributed by atoms with E-state index in [1.165, 1.54) is 35.2 Å². The van der Waals surface area contributed by atoms with E-state index in [9.17, 15) is 28.1 Å². The molecule has 0 unspecified atom stereocenters. The van der Waals surface area contributed by atoms with E-state index < -0.39 is 33.4 Å². The van der Waals surface area contributed by atoms with E-state index in [0.717, 1.165) is 42.5 Å². The van der Waals surface area contributed by atoms with Gasteiger partial charge in [0.25, 0.3) is 15.7 Å². The second-order valence-electron chi connectivity index (χ2n) is 10.5. The molecule has 1 aliphatic carbocycles.